The van der Waals surface area contributed by atoms with Crippen molar-refractivity contribution in [2.75, 3.05) is 26.6 Å². The second-order valence-electron chi connectivity index (χ2n) is 27.5. The first-order valence-corrected chi connectivity index (χ1v) is 38.0. The molecule has 0 aliphatic carbocycles. The number of aryl methyl sites for hydroxylation is 6. The number of ether oxygens (including phenoxy) is 5. The minimum Gasteiger partial charge on any atom is -0.456 e. The van der Waals surface area contributed by atoms with Crippen molar-refractivity contribution in [3.8, 4) is 57.5 Å². The normalized spacial score (nSPS) is 10.6. The number of amides is 5. The maximum Gasteiger partial charge on any atom is 0.418 e. The van der Waals surface area contributed by atoms with Crippen LogP contribution in [0.2, 0.25) is 0 Å². The maximum absolute atomic E-state index is 13.8. The molecule has 125 heavy (non-hydrogen) atoms. The molecule has 0 spiro atoms. The van der Waals surface area contributed by atoms with Gasteiger partial charge in [-0.15, -0.1) is 0 Å². The first-order valence-electron chi connectivity index (χ1n) is 38.0. The molecule has 0 aliphatic rings. The van der Waals surface area contributed by atoms with E-state index in [1.165, 1.54) is 67.8 Å². The van der Waals surface area contributed by atoms with E-state index in [-0.39, 0.29) is 58.3 Å². The van der Waals surface area contributed by atoms with E-state index in [1.54, 1.807) is 140 Å². The molecule has 0 radical (unpaired) electrons. The predicted octanol–water partition coefficient (Wildman–Crippen LogP) is 23.4. The summed E-state index contributed by atoms with van der Waals surface area (Å²) < 4.78 is 118. The first kappa shape index (κ1) is 89.5. The van der Waals surface area contributed by atoms with Crippen LogP contribution < -0.4 is 50.3 Å². The highest BCUT2D eigenvalue weighted by molar-refractivity contribution is 6.07. The monoisotopic (exact) mass is 1690 g/mol. The Balaban J connectivity index is 0.000000152. The summed E-state index contributed by atoms with van der Waals surface area (Å²) in [4.78, 5) is 88.2. The van der Waals surface area contributed by atoms with Gasteiger partial charge in [-0.25, -0.2) is 24.3 Å². The number of hydrogen-bond acceptors (Lipinski definition) is 17. The van der Waals surface area contributed by atoms with Crippen molar-refractivity contribution in [1.29, 1.82) is 0 Å². The highest BCUT2D eigenvalue weighted by atomic mass is 19.4. The van der Waals surface area contributed by atoms with Crippen LogP contribution in [-0.4, -0.2) is 64.4 Å². The standard InChI is InChI=1S/2C20H15F3N2O2.C20H18N2O2.C18H14FN3O2.C18H15N3O2/c2*1-13-4-2-5-14(8-13)19(26)25-16-6-3-7-17(10-16)27-18-9-15(11-24-12-18)20(21,22)23;1-14-6-3-7-16(12-14)20(23)22-17-8-4-9-18(13-17)24-19-10-5-11-21-15(19)2;1-12-3-2-4-13(5-12)18(23)22-15-6-14(19)7-16(8-15)24-17-9-20-11-21-10-17;1-13-4-2-5-14(8-13)18(22)21-15-6-3-7-16(9-15)23-17-10-19-12-20-11-17/h2*2-12H,1H3,(H,25,26);3-13H,1-2H3,(H,22,23);2-11H,1H3,(H,22,23);2-12H,1H3,(H,21,22). The van der Waals surface area contributed by atoms with E-state index in [2.05, 4.69) is 61.5 Å². The summed E-state index contributed by atoms with van der Waals surface area (Å²) in [5, 5.41) is 13.9. The fraction of sp³-hybridized carbons (Fsp3) is 0.0833. The van der Waals surface area contributed by atoms with E-state index in [9.17, 15) is 54.7 Å². The molecule has 0 atom stereocenters. The Morgan fingerprint density at radius 3 is 0.880 bits per heavy atom. The Bertz CT molecular complexity index is 6090. The fourth-order valence-electron chi connectivity index (χ4n) is 11.4. The molecular weight excluding hydrogens is 1610 g/mol. The Morgan fingerprint density at radius 2 is 0.560 bits per heavy atom. The van der Waals surface area contributed by atoms with Gasteiger partial charge in [0.2, 0.25) is 0 Å². The molecule has 22 nitrogen and oxygen atoms in total. The van der Waals surface area contributed by atoms with E-state index in [0.717, 1.165) is 58.0 Å². The zero-order valence-corrected chi connectivity index (χ0v) is 67.5. The molecule has 5 amide bonds. The number of pyridine rings is 3. The van der Waals surface area contributed by atoms with Gasteiger partial charge in [0, 0.05) is 111 Å². The lowest BCUT2D eigenvalue weighted by molar-refractivity contribution is -0.138. The summed E-state index contributed by atoms with van der Waals surface area (Å²) in [5.41, 5.74) is 9.29. The van der Waals surface area contributed by atoms with E-state index < -0.39 is 29.3 Å². The van der Waals surface area contributed by atoms with Gasteiger partial charge in [0.1, 0.15) is 64.5 Å². The third kappa shape index (κ3) is 28.7. The van der Waals surface area contributed by atoms with Crippen LogP contribution >= 0.6 is 0 Å². The van der Waals surface area contributed by atoms with Crippen LogP contribution in [0.1, 0.15) is 96.4 Å². The summed E-state index contributed by atoms with van der Waals surface area (Å²) in [7, 11) is 0. The molecule has 15 aromatic rings. The van der Waals surface area contributed by atoms with Crippen molar-refractivity contribution in [2.24, 2.45) is 0 Å². The van der Waals surface area contributed by atoms with Gasteiger partial charge in [0.25, 0.3) is 29.5 Å². The quantitative estimate of drug-likeness (QED) is 0.0443. The number of carbonyl (C=O) groups is 5. The van der Waals surface area contributed by atoms with Crippen molar-refractivity contribution >= 4 is 58.0 Å². The highest BCUT2D eigenvalue weighted by Gasteiger charge is 2.32. The van der Waals surface area contributed by atoms with Gasteiger partial charge >= 0.3 is 12.4 Å². The number of aromatic nitrogens is 7. The number of nitrogens with one attached hydrogen (secondary N) is 5. The van der Waals surface area contributed by atoms with Crippen molar-refractivity contribution in [3.63, 3.8) is 0 Å². The Morgan fingerprint density at radius 1 is 0.272 bits per heavy atom. The third-order valence-corrected chi connectivity index (χ3v) is 17.2. The van der Waals surface area contributed by atoms with Crippen LogP contribution in [0.5, 0.6) is 57.5 Å². The van der Waals surface area contributed by atoms with Crippen LogP contribution in [0.4, 0.5) is 59.2 Å². The molecule has 5 heterocycles. The molecule has 0 aliphatic heterocycles. The summed E-state index contributed by atoms with van der Waals surface area (Å²) >= 11 is 0. The zero-order valence-electron chi connectivity index (χ0n) is 67.5. The van der Waals surface area contributed by atoms with Crippen LogP contribution in [-0.2, 0) is 12.4 Å². The lowest BCUT2D eigenvalue weighted by Crippen LogP contribution is -2.12. The minimum absolute atomic E-state index is 0.0491. The van der Waals surface area contributed by atoms with Crippen molar-refractivity contribution in [2.45, 2.75) is 53.9 Å². The summed E-state index contributed by atoms with van der Waals surface area (Å²) in [6, 6.07) is 72.9. The third-order valence-electron chi connectivity index (χ3n) is 17.2. The molecule has 0 saturated carbocycles. The molecule has 10 aromatic carbocycles. The summed E-state index contributed by atoms with van der Waals surface area (Å²) in [6.07, 6.45) is 5.42. The molecule has 630 valence electrons. The van der Waals surface area contributed by atoms with Crippen LogP contribution in [0, 0.1) is 47.4 Å². The molecular formula is C96H77F7N12O10. The number of hydrogen-bond donors (Lipinski definition) is 5. The minimum atomic E-state index is -4.50. The molecule has 0 saturated heterocycles. The Hall–Kier alpha value is -16.3. The largest absolute Gasteiger partial charge is 0.456 e. The van der Waals surface area contributed by atoms with Crippen molar-refractivity contribution < 1.29 is 78.4 Å². The van der Waals surface area contributed by atoms with Crippen molar-refractivity contribution in [1.82, 2.24) is 34.9 Å². The Kier molecular flexibility index (Phi) is 30.8. The van der Waals surface area contributed by atoms with E-state index in [1.807, 2.05) is 139 Å². The van der Waals surface area contributed by atoms with Crippen LogP contribution in [0.15, 0.2) is 329 Å². The molecule has 29 heteroatoms. The smallest absolute Gasteiger partial charge is 0.418 e. The first-order chi connectivity index (χ1) is 60.0. The lowest BCUT2D eigenvalue weighted by atomic mass is 10.1. The molecule has 15 rings (SSSR count). The van der Waals surface area contributed by atoms with Crippen LogP contribution in [0.3, 0.4) is 0 Å². The van der Waals surface area contributed by atoms with Gasteiger partial charge in [-0.3, -0.25) is 38.9 Å². The maximum atomic E-state index is 13.8. The van der Waals surface area contributed by atoms with E-state index >= 15 is 0 Å². The van der Waals surface area contributed by atoms with Gasteiger partial charge in [0.05, 0.1) is 54.0 Å². The second kappa shape index (κ2) is 43.1. The van der Waals surface area contributed by atoms with Gasteiger partial charge < -0.3 is 50.3 Å². The molecule has 0 bridgehead atoms. The molecule has 0 fully saturated rings. The average molecular weight is 1690 g/mol. The van der Waals surface area contributed by atoms with Crippen molar-refractivity contribution in [3.05, 3.63) is 408 Å². The topological polar surface area (TPSA) is 282 Å². The SMILES string of the molecule is Cc1cccc(C(=O)Nc2cc(F)cc(Oc3cncnc3)c2)c1.Cc1cccc(C(=O)Nc2cccc(Oc3cccnc3C)c2)c1.Cc1cccc(C(=O)Nc2cccc(Oc3cncc(C(F)(F)F)c3)c2)c1.Cc1cccc(C(=O)Nc2cccc(Oc3cncc(C(F)(F)F)c3)c2)c1.Cc1cccc(C(=O)Nc2cccc(Oc3cncnc3)c2)c1. The number of carbonyl (C=O) groups excluding carboxylic acids is 5. The zero-order chi connectivity index (χ0) is 88.8. The lowest BCUT2D eigenvalue weighted by Gasteiger charge is -2.11. The van der Waals surface area contributed by atoms with Gasteiger partial charge in [-0.05, 0) is 181 Å². The van der Waals surface area contributed by atoms with E-state index in [0.29, 0.717) is 85.0 Å². The fourth-order valence-corrected chi connectivity index (χ4v) is 11.4. The number of rotatable bonds is 20. The van der Waals surface area contributed by atoms with Gasteiger partial charge in [-0.1, -0.05) is 113 Å². The number of halogens is 7. The summed E-state index contributed by atoms with van der Waals surface area (Å²) in [6.45, 7) is 11.5. The Labute approximate surface area is 713 Å². The van der Waals surface area contributed by atoms with Gasteiger partial charge in [0.15, 0.2) is 11.5 Å². The number of anilines is 5. The molecule has 5 aromatic heterocycles. The molecule has 0 unspecified atom stereocenters. The average Bonchev–Trinajstić information content (AvgIpc) is 0.857. The highest BCUT2D eigenvalue weighted by Crippen LogP contribution is 2.36. The van der Waals surface area contributed by atoms with E-state index in [4.69, 9.17) is 23.7 Å². The second-order valence-corrected chi connectivity index (χ2v) is 27.5. The van der Waals surface area contributed by atoms with Gasteiger partial charge in [-0.2, -0.15) is 26.3 Å². The number of nitrogens with zero attached hydrogens (tertiary/aromatic N) is 7. The summed E-state index contributed by atoms with van der Waals surface area (Å²) in [5.74, 6) is 1.81. The molecule has 5 N–H and O–H groups in total. The van der Waals surface area contributed by atoms with Crippen LogP contribution in [0.25, 0.3) is 0 Å². The number of alkyl halides is 6. The predicted molar refractivity (Wildman–Crippen MR) is 460 cm³/mol. The number of benzene rings is 10.